The van der Waals surface area contributed by atoms with E-state index in [2.05, 4.69) is 4.98 Å². The zero-order valence-corrected chi connectivity index (χ0v) is 9.88. The standard InChI is InChI=1S/C15H11NO3/c17-10-5-3-4-9(8-10)13-11-6-1-2-7-12(11)16-15(19)14(13)18/h1-8,17-18H,(H,16,19)/p-1. The Morgan fingerprint density at radius 3 is 2.63 bits per heavy atom. The molecule has 0 unspecified atom stereocenters. The van der Waals surface area contributed by atoms with Crippen molar-refractivity contribution in [1.82, 2.24) is 4.98 Å². The van der Waals surface area contributed by atoms with Crippen LogP contribution in [0.1, 0.15) is 0 Å². The molecule has 0 aliphatic carbocycles. The predicted molar refractivity (Wildman–Crippen MR) is 71.1 cm³/mol. The Morgan fingerprint density at radius 1 is 1.05 bits per heavy atom. The van der Waals surface area contributed by atoms with Crippen LogP contribution in [-0.2, 0) is 0 Å². The normalized spacial score (nSPS) is 10.7. The molecule has 0 radical (unpaired) electrons. The van der Waals surface area contributed by atoms with Gasteiger partial charge in [-0.15, -0.1) is 0 Å². The van der Waals surface area contributed by atoms with Crippen LogP contribution in [-0.4, -0.2) is 10.1 Å². The fourth-order valence-electron chi connectivity index (χ4n) is 2.17. The zero-order valence-electron chi connectivity index (χ0n) is 9.88. The summed E-state index contributed by atoms with van der Waals surface area (Å²) in [5, 5.41) is 22.3. The number of benzene rings is 2. The second-order valence-electron chi connectivity index (χ2n) is 4.25. The number of aromatic hydroxyl groups is 1. The van der Waals surface area contributed by atoms with Crippen molar-refractivity contribution in [3.8, 4) is 22.6 Å². The van der Waals surface area contributed by atoms with Crippen molar-refractivity contribution in [1.29, 1.82) is 0 Å². The van der Waals surface area contributed by atoms with Crippen LogP contribution in [0.2, 0.25) is 0 Å². The molecular formula is C15H10NO3-. The topological polar surface area (TPSA) is 76.2 Å². The second-order valence-corrected chi connectivity index (χ2v) is 4.25. The number of rotatable bonds is 1. The summed E-state index contributed by atoms with van der Waals surface area (Å²) in [6, 6.07) is 13.4. The highest BCUT2D eigenvalue weighted by Crippen LogP contribution is 2.32. The van der Waals surface area contributed by atoms with Gasteiger partial charge >= 0.3 is 0 Å². The summed E-state index contributed by atoms with van der Waals surface area (Å²) < 4.78 is 0. The Kier molecular flexibility index (Phi) is 2.49. The summed E-state index contributed by atoms with van der Waals surface area (Å²) in [5.41, 5.74) is 0.796. The van der Waals surface area contributed by atoms with E-state index in [0.29, 0.717) is 22.0 Å². The molecule has 0 atom stereocenters. The third kappa shape index (κ3) is 1.83. The van der Waals surface area contributed by atoms with E-state index in [0.717, 1.165) is 0 Å². The van der Waals surface area contributed by atoms with Gasteiger partial charge in [-0.1, -0.05) is 30.3 Å². The fourth-order valence-corrected chi connectivity index (χ4v) is 2.17. The highest BCUT2D eigenvalue weighted by atomic mass is 16.3. The minimum absolute atomic E-state index is 0.0567. The molecule has 4 heteroatoms. The monoisotopic (exact) mass is 252 g/mol. The number of phenols is 1. The maximum absolute atomic E-state index is 12.1. The SMILES string of the molecule is O=c1[nH]c2ccccc2c(-c2cccc(O)c2)c1[O-]. The molecule has 1 aromatic heterocycles. The van der Waals surface area contributed by atoms with Crippen LogP contribution in [0.3, 0.4) is 0 Å². The fraction of sp³-hybridized carbons (Fsp3) is 0. The van der Waals surface area contributed by atoms with Gasteiger partial charge in [-0.05, 0) is 35.1 Å². The molecule has 94 valence electrons. The summed E-state index contributed by atoms with van der Waals surface area (Å²) in [7, 11) is 0. The number of hydrogen-bond acceptors (Lipinski definition) is 3. The Balaban J connectivity index is 2.45. The summed E-state index contributed by atoms with van der Waals surface area (Å²) in [5.74, 6) is -0.537. The van der Waals surface area contributed by atoms with Gasteiger partial charge in [0, 0.05) is 10.9 Å². The lowest BCUT2D eigenvalue weighted by molar-refractivity contribution is -0.269. The van der Waals surface area contributed by atoms with Crippen molar-refractivity contribution in [2.45, 2.75) is 0 Å². The Bertz CT molecular complexity index is 821. The van der Waals surface area contributed by atoms with E-state index < -0.39 is 11.3 Å². The summed E-state index contributed by atoms with van der Waals surface area (Å²) in [6.07, 6.45) is 0. The van der Waals surface area contributed by atoms with Gasteiger partial charge in [-0.3, -0.25) is 4.79 Å². The van der Waals surface area contributed by atoms with Crippen molar-refractivity contribution in [2.24, 2.45) is 0 Å². The second kappa shape index (κ2) is 4.17. The first-order valence-electron chi connectivity index (χ1n) is 5.78. The molecule has 0 amide bonds. The van der Waals surface area contributed by atoms with Crippen LogP contribution >= 0.6 is 0 Å². The molecule has 0 aliphatic heterocycles. The summed E-state index contributed by atoms with van der Waals surface area (Å²) in [6.45, 7) is 0. The highest BCUT2D eigenvalue weighted by Gasteiger charge is 2.08. The number of fused-ring (bicyclic) bond motifs is 1. The van der Waals surface area contributed by atoms with Crippen molar-refractivity contribution in [3.63, 3.8) is 0 Å². The van der Waals surface area contributed by atoms with E-state index in [1.165, 1.54) is 12.1 Å². The summed E-state index contributed by atoms with van der Waals surface area (Å²) >= 11 is 0. The van der Waals surface area contributed by atoms with Crippen LogP contribution in [0.15, 0.2) is 53.3 Å². The molecule has 0 fully saturated rings. The van der Waals surface area contributed by atoms with Crippen LogP contribution in [0.25, 0.3) is 22.0 Å². The van der Waals surface area contributed by atoms with Crippen LogP contribution < -0.4 is 10.7 Å². The van der Waals surface area contributed by atoms with Gasteiger partial charge < -0.3 is 15.2 Å². The van der Waals surface area contributed by atoms with Gasteiger partial charge in [0.25, 0.3) is 0 Å². The lowest BCUT2D eigenvalue weighted by Crippen LogP contribution is -2.14. The average Bonchev–Trinajstić information content (AvgIpc) is 2.40. The molecule has 4 nitrogen and oxygen atoms in total. The number of aromatic nitrogens is 1. The van der Waals surface area contributed by atoms with Crippen LogP contribution in [0.5, 0.6) is 11.5 Å². The number of hydrogen-bond donors (Lipinski definition) is 2. The molecule has 0 spiro atoms. The minimum atomic E-state index is -0.656. The quantitative estimate of drug-likeness (QED) is 0.695. The molecule has 3 aromatic rings. The van der Waals surface area contributed by atoms with Crippen molar-refractivity contribution in [3.05, 3.63) is 58.9 Å². The average molecular weight is 252 g/mol. The maximum Gasteiger partial charge on any atom is 0.241 e. The van der Waals surface area contributed by atoms with Gasteiger partial charge in [0.05, 0.1) is 0 Å². The molecule has 1 heterocycles. The first kappa shape index (κ1) is 11.3. The van der Waals surface area contributed by atoms with E-state index in [1.807, 2.05) is 0 Å². The minimum Gasteiger partial charge on any atom is -0.868 e. The first-order chi connectivity index (χ1) is 9.16. The van der Waals surface area contributed by atoms with Crippen molar-refractivity contribution >= 4 is 10.9 Å². The smallest absolute Gasteiger partial charge is 0.241 e. The number of phenolic OH excluding ortho intramolecular Hbond substituents is 1. The Labute approximate surface area is 108 Å². The van der Waals surface area contributed by atoms with E-state index >= 15 is 0 Å². The Morgan fingerprint density at radius 2 is 1.84 bits per heavy atom. The molecule has 19 heavy (non-hydrogen) atoms. The largest absolute Gasteiger partial charge is 0.868 e. The molecule has 2 aromatic carbocycles. The van der Waals surface area contributed by atoms with Crippen molar-refractivity contribution < 1.29 is 10.2 Å². The predicted octanol–water partition coefficient (Wildman–Crippen LogP) is 1.97. The third-order valence-corrected chi connectivity index (χ3v) is 3.01. The zero-order chi connectivity index (χ0) is 13.4. The van der Waals surface area contributed by atoms with Crippen LogP contribution in [0.4, 0.5) is 0 Å². The van der Waals surface area contributed by atoms with E-state index in [-0.39, 0.29) is 5.75 Å². The number of pyridine rings is 1. The first-order valence-corrected chi connectivity index (χ1v) is 5.78. The lowest BCUT2D eigenvalue weighted by atomic mass is 10.00. The Hall–Kier alpha value is -2.75. The number of para-hydroxylation sites is 1. The highest BCUT2D eigenvalue weighted by molar-refractivity contribution is 5.97. The van der Waals surface area contributed by atoms with E-state index in [9.17, 15) is 15.0 Å². The number of nitrogens with one attached hydrogen (secondary N) is 1. The van der Waals surface area contributed by atoms with E-state index in [4.69, 9.17) is 0 Å². The number of H-pyrrole nitrogens is 1. The van der Waals surface area contributed by atoms with Gasteiger partial charge in [-0.25, -0.2) is 0 Å². The summed E-state index contributed by atoms with van der Waals surface area (Å²) in [4.78, 5) is 14.2. The van der Waals surface area contributed by atoms with Crippen LogP contribution in [0, 0.1) is 0 Å². The van der Waals surface area contributed by atoms with Gasteiger partial charge in [0.2, 0.25) is 5.56 Å². The lowest BCUT2D eigenvalue weighted by Gasteiger charge is -2.15. The van der Waals surface area contributed by atoms with Gasteiger partial charge in [-0.2, -0.15) is 0 Å². The third-order valence-electron chi connectivity index (χ3n) is 3.01. The van der Waals surface area contributed by atoms with E-state index in [1.54, 1.807) is 36.4 Å². The molecule has 0 saturated carbocycles. The molecule has 2 N–H and O–H groups in total. The molecular weight excluding hydrogens is 242 g/mol. The molecule has 0 saturated heterocycles. The molecule has 3 rings (SSSR count). The molecule has 0 bridgehead atoms. The van der Waals surface area contributed by atoms with Gasteiger partial charge in [0.15, 0.2) is 0 Å². The van der Waals surface area contributed by atoms with Gasteiger partial charge in [0.1, 0.15) is 5.75 Å². The number of aromatic amines is 1. The molecule has 0 aliphatic rings. The maximum atomic E-state index is 12.1. The van der Waals surface area contributed by atoms with Crippen molar-refractivity contribution in [2.75, 3.05) is 0 Å².